The lowest BCUT2D eigenvalue weighted by molar-refractivity contribution is -0.157. The number of aromatic amines is 1. The van der Waals surface area contributed by atoms with Crippen LogP contribution in [0.4, 0.5) is 4.79 Å². The number of esters is 1. The molecule has 0 saturated carbocycles. The van der Waals surface area contributed by atoms with Gasteiger partial charge < -0.3 is 33.7 Å². The van der Waals surface area contributed by atoms with Gasteiger partial charge >= 0.3 is 17.8 Å². The Morgan fingerprint density at radius 3 is 1.90 bits per heavy atom. The Bertz CT molecular complexity index is 2570. The molecule has 0 bridgehead atoms. The molecule has 1 aliphatic carbocycles. The predicted octanol–water partition coefficient (Wildman–Crippen LogP) is 7.00. The SMILES string of the molecule is COc1ccc(C(OC[C@H]2O[C@@H](n3cc(C)c(=O)[nH]c3=O)C[C@@H]2OC(=O)[C@H](C)NC(=O)OCC2c3ccccc3-c3ccccc32)(c2ccccc2)c2ccc(OC)cc2)cc1. The number of benzene rings is 5. The first-order valence-electron chi connectivity index (χ1n) is 20.4. The number of aryl methyl sites for hydroxylation is 1. The Morgan fingerprint density at radius 1 is 0.774 bits per heavy atom. The van der Waals surface area contributed by atoms with E-state index in [-0.39, 0.29) is 25.6 Å². The van der Waals surface area contributed by atoms with Crippen LogP contribution in [0.2, 0.25) is 0 Å². The quantitative estimate of drug-likeness (QED) is 0.0866. The lowest BCUT2D eigenvalue weighted by atomic mass is 9.80. The van der Waals surface area contributed by atoms with Crippen molar-refractivity contribution in [1.29, 1.82) is 0 Å². The summed E-state index contributed by atoms with van der Waals surface area (Å²) in [4.78, 5) is 54.8. The number of alkyl carbamates (subject to hydrolysis) is 1. The number of fused-ring (bicyclic) bond motifs is 3. The number of H-pyrrole nitrogens is 1. The molecule has 2 N–H and O–H groups in total. The molecule has 6 aromatic rings. The lowest BCUT2D eigenvalue weighted by Gasteiger charge is -2.37. The number of nitrogens with zero attached hydrogens (tertiary/aromatic N) is 1. The Balaban J connectivity index is 1.05. The Hall–Kier alpha value is -6.96. The smallest absolute Gasteiger partial charge is 0.407 e. The van der Waals surface area contributed by atoms with Gasteiger partial charge in [-0.15, -0.1) is 0 Å². The van der Waals surface area contributed by atoms with Crippen LogP contribution in [0.15, 0.2) is 143 Å². The van der Waals surface area contributed by atoms with Crippen molar-refractivity contribution in [2.45, 2.75) is 56.3 Å². The summed E-state index contributed by atoms with van der Waals surface area (Å²) < 4.78 is 37.7. The highest BCUT2D eigenvalue weighted by Crippen LogP contribution is 2.45. The Morgan fingerprint density at radius 2 is 1.32 bits per heavy atom. The predicted molar refractivity (Wildman–Crippen MR) is 230 cm³/mol. The van der Waals surface area contributed by atoms with Crippen LogP contribution >= 0.6 is 0 Å². The van der Waals surface area contributed by atoms with Crippen LogP contribution in [0.25, 0.3) is 11.1 Å². The van der Waals surface area contributed by atoms with E-state index in [1.54, 1.807) is 21.1 Å². The first-order valence-corrected chi connectivity index (χ1v) is 20.4. The number of hydrogen-bond acceptors (Lipinski definition) is 10. The van der Waals surface area contributed by atoms with E-state index in [0.717, 1.165) is 38.9 Å². The highest BCUT2D eigenvalue weighted by Gasteiger charge is 2.44. The molecule has 13 nitrogen and oxygen atoms in total. The summed E-state index contributed by atoms with van der Waals surface area (Å²) in [7, 11) is 3.19. The van der Waals surface area contributed by atoms with E-state index >= 15 is 0 Å². The maximum atomic E-state index is 13.8. The second kappa shape index (κ2) is 17.9. The topological polar surface area (TPSA) is 156 Å². The summed E-state index contributed by atoms with van der Waals surface area (Å²) in [6, 6.07) is 39.7. The van der Waals surface area contributed by atoms with Crippen LogP contribution in [0, 0.1) is 6.92 Å². The largest absolute Gasteiger partial charge is 0.497 e. The zero-order valence-corrected chi connectivity index (χ0v) is 34.7. The van der Waals surface area contributed by atoms with E-state index in [0.29, 0.717) is 17.1 Å². The molecule has 4 atom stereocenters. The molecule has 8 rings (SSSR count). The maximum Gasteiger partial charge on any atom is 0.407 e. The van der Waals surface area contributed by atoms with Crippen molar-refractivity contribution in [2.24, 2.45) is 0 Å². The minimum absolute atomic E-state index is 0.0340. The number of ether oxygens (including phenoxy) is 6. The van der Waals surface area contributed by atoms with Crippen molar-refractivity contribution in [3.8, 4) is 22.6 Å². The molecule has 318 valence electrons. The molecule has 1 aromatic heterocycles. The summed E-state index contributed by atoms with van der Waals surface area (Å²) in [5, 5.41) is 2.62. The molecule has 1 saturated heterocycles. The standard InChI is InChI=1S/C49H47N3O10/c1-30-27-52(47(55)51-45(30)53)44-26-42(62-46(54)31(2)50-48(56)59-28-41-39-16-10-8-14-37(39)38-15-9-11-17-40(38)41)43(61-44)29-60-49(32-12-6-5-7-13-32,33-18-22-35(57-3)23-19-33)34-20-24-36(58-4)25-21-34/h5-25,27,31,41-44H,26,28-29H2,1-4H3,(H,50,56)(H,51,53,55)/t31-,42-,43+,44+/m0/s1. The number of rotatable bonds is 14. The third-order valence-corrected chi connectivity index (χ3v) is 11.6. The molecule has 0 radical (unpaired) electrons. The third-order valence-electron chi connectivity index (χ3n) is 11.6. The van der Waals surface area contributed by atoms with Crippen molar-refractivity contribution in [3.05, 3.63) is 188 Å². The first-order chi connectivity index (χ1) is 30.1. The van der Waals surface area contributed by atoms with Crippen molar-refractivity contribution in [2.75, 3.05) is 27.4 Å². The molecule has 0 unspecified atom stereocenters. The maximum absolute atomic E-state index is 13.8. The number of methoxy groups -OCH3 is 2. The number of amides is 1. The van der Waals surface area contributed by atoms with Crippen LogP contribution in [0.3, 0.4) is 0 Å². The second-order valence-corrected chi connectivity index (χ2v) is 15.3. The van der Waals surface area contributed by atoms with Crippen LogP contribution in [0.5, 0.6) is 11.5 Å². The Labute approximate surface area is 358 Å². The van der Waals surface area contributed by atoms with Crippen LogP contribution in [-0.2, 0) is 29.3 Å². The van der Waals surface area contributed by atoms with E-state index in [9.17, 15) is 19.2 Å². The minimum atomic E-state index is -1.24. The fraction of sp³-hybridized carbons (Fsp3) is 0.265. The van der Waals surface area contributed by atoms with Crippen molar-refractivity contribution in [3.63, 3.8) is 0 Å². The highest BCUT2D eigenvalue weighted by molar-refractivity contribution is 5.82. The van der Waals surface area contributed by atoms with Gasteiger partial charge in [0.15, 0.2) is 0 Å². The highest BCUT2D eigenvalue weighted by atomic mass is 16.6. The minimum Gasteiger partial charge on any atom is -0.497 e. The monoisotopic (exact) mass is 837 g/mol. The molecule has 0 spiro atoms. The zero-order chi connectivity index (χ0) is 43.4. The second-order valence-electron chi connectivity index (χ2n) is 15.3. The van der Waals surface area contributed by atoms with E-state index in [1.165, 1.54) is 17.7 Å². The van der Waals surface area contributed by atoms with Gasteiger partial charge in [0.25, 0.3) is 5.56 Å². The molecular formula is C49H47N3O10. The zero-order valence-electron chi connectivity index (χ0n) is 34.7. The van der Waals surface area contributed by atoms with Gasteiger partial charge in [-0.1, -0.05) is 103 Å². The van der Waals surface area contributed by atoms with Gasteiger partial charge in [-0.05, 0) is 77.1 Å². The molecule has 5 aromatic carbocycles. The fourth-order valence-electron chi connectivity index (χ4n) is 8.35. The number of nitrogens with one attached hydrogen (secondary N) is 2. The number of aromatic nitrogens is 2. The number of carbonyl (C=O) groups excluding carboxylic acids is 2. The van der Waals surface area contributed by atoms with E-state index < -0.39 is 53.4 Å². The van der Waals surface area contributed by atoms with Gasteiger partial charge in [-0.25, -0.2) is 14.4 Å². The molecule has 13 heteroatoms. The average molecular weight is 838 g/mol. The molecule has 1 aliphatic heterocycles. The molecule has 2 aliphatic rings. The molecule has 1 amide bonds. The van der Waals surface area contributed by atoms with Crippen LogP contribution in [0.1, 0.15) is 58.9 Å². The van der Waals surface area contributed by atoms with Gasteiger partial charge in [-0.2, -0.15) is 0 Å². The first kappa shape index (κ1) is 41.8. The summed E-state index contributed by atoms with van der Waals surface area (Å²) >= 11 is 0. The fourth-order valence-corrected chi connectivity index (χ4v) is 8.35. The summed E-state index contributed by atoms with van der Waals surface area (Å²) in [5.41, 5.74) is 4.50. The summed E-state index contributed by atoms with van der Waals surface area (Å²) in [6.07, 6.45) is -2.16. The lowest BCUT2D eigenvalue weighted by Crippen LogP contribution is -2.44. The van der Waals surface area contributed by atoms with Crippen LogP contribution < -0.4 is 26.0 Å². The van der Waals surface area contributed by atoms with Crippen molar-refractivity contribution >= 4 is 12.1 Å². The van der Waals surface area contributed by atoms with Crippen molar-refractivity contribution in [1.82, 2.24) is 14.9 Å². The van der Waals surface area contributed by atoms with Gasteiger partial charge in [-0.3, -0.25) is 14.3 Å². The molecule has 62 heavy (non-hydrogen) atoms. The molecule has 1 fully saturated rings. The third kappa shape index (κ3) is 8.24. The summed E-state index contributed by atoms with van der Waals surface area (Å²) in [6.45, 7) is 3.02. The normalized spacial score (nSPS) is 17.4. The van der Waals surface area contributed by atoms with Gasteiger partial charge in [0, 0.05) is 24.1 Å². The van der Waals surface area contributed by atoms with E-state index in [1.807, 2.05) is 115 Å². The number of hydrogen-bond donors (Lipinski definition) is 2. The van der Waals surface area contributed by atoms with Gasteiger partial charge in [0.2, 0.25) is 0 Å². The summed E-state index contributed by atoms with van der Waals surface area (Å²) in [5.74, 6) is 0.397. The number of carbonyl (C=O) groups is 2. The molecular weight excluding hydrogens is 791 g/mol. The van der Waals surface area contributed by atoms with Crippen molar-refractivity contribution < 1.29 is 38.0 Å². The molecule has 2 heterocycles. The van der Waals surface area contributed by atoms with Crippen LogP contribution in [-0.4, -0.2) is 67.3 Å². The van der Waals surface area contributed by atoms with E-state index in [2.05, 4.69) is 22.4 Å². The Kier molecular flexibility index (Phi) is 12.1. The average Bonchev–Trinajstić information content (AvgIpc) is 3.85. The van der Waals surface area contributed by atoms with E-state index in [4.69, 9.17) is 28.4 Å². The van der Waals surface area contributed by atoms with Gasteiger partial charge in [0.05, 0.1) is 20.8 Å². The van der Waals surface area contributed by atoms with Gasteiger partial charge in [0.1, 0.15) is 48.2 Å².